The Balaban J connectivity index is 2.69. The van der Waals surface area contributed by atoms with Crippen molar-refractivity contribution in [3.8, 4) is 5.75 Å². The second kappa shape index (κ2) is 6.02. The summed E-state index contributed by atoms with van der Waals surface area (Å²) in [5.74, 6) is -0.718. The fourth-order valence-electron chi connectivity index (χ4n) is 1.16. The average molecular weight is 224 g/mol. The van der Waals surface area contributed by atoms with Crippen molar-refractivity contribution in [1.29, 1.82) is 0 Å². The van der Waals surface area contributed by atoms with Crippen molar-refractivity contribution in [2.45, 2.75) is 0 Å². The monoisotopic (exact) mass is 224 g/mol. The summed E-state index contributed by atoms with van der Waals surface area (Å²) in [5.41, 5.74) is 0.266. The maximum absolute atomic E-state index is 13.3. The highest BCUT2D eigenvalue weighted by molar-refractivity contribution is 5.97. The van der Waals surface area contributed by atoms with Crippen molar-refractivity contribution in [1.82, 2.24) is 0 Å². The van der Waals surface area contributed by atoms with Crippen LogP contribution in [0.1, 0.15) is 10.4 Å². The van der Waals surface area contributed by atoms with Crippen LogP contribution in [0, 0.1) is 5.82 Å². The van der Waals surface area contributed by atoms with Gasteiger partial charge in [0.25, 0.3) is 0 Å². The maximum atomic E-state index is 13.3. The molecule has 0 aromatic heterocycles. The Morgan fingerprint density at radius 1 is 1.56 bits per heavy atom. The van der Waals surface area contributed by atoms with E-state index in [-0.39, 0.29) is 23.7 Å². The summed E-state index contributed by atoms with van der Waals surface area (Å²) in [5, 5.41) is 0. The van der Waals surface area contributed by atoms with Crippen molar-refractivity contribution in [3.05, 3.63) is 42.2 Å². The van der Waals surface area contributed by atoms with Crippen LogP contribution >= 0.6 is 0 Å². The van der Waals surface area contributed by atoms with E-state index in [0.29, 0.717) is 6.61 Å². The van der Waals surface area contributed by atoms with E-state index in [9.17, 15) is 9.18 Å². The van der Waals surface area contributed by atoms with Gasteiger partial charge in [-0.3, -0.25) is 4.79 Å². The molecule has 0 N–H and O–H groups in total. The summed E-state index contributed by atoms with van der Waals surface area (Å²) in [6, 6.07) is 4.05. The second-order valence-corrected chi connectivity index (χ2v) is 3.08. The number of ketones is 1. The van der Waals surface area contributed by atoms with Crippen molar-refractivity contribution >= 4 is 5.78 Å². The molecule has 0 bridgehead atoms. The zero-order valence-corrected chi connectivity index (χ0v) is 9.03. The van der Waals surface area contributed by atoms with Gasteiger partial charge >= 0.3 is 0 Å². The summed E-state index contributed by atoms with van der Waals surface area (Å²) in [6.45, 7) is 3.66. The fraction of sp³-hybridized carbons (Fsp3) is 0.250. The molecule has 16 heavy (non-hydrogen) atoms. The number of rotatable bonds is 6. The van der Waals surface area contributed by atoms with Gasteiger partial charge in [-0.25, -0.2) is 4.39 Å². The van der Waals surface area contributed by atoms with E-state index in [1.807, 2.05) is 0 Å². The predicted octanol–water partition coefficient (Wildman–Crippen LogP) is 2.22. The average Bonchev–Trinajstić information content (AvgIpc) is 2.29. The van der Waals surface area contributed by atoms with Crippen LogP contribution < -0.4 is 4.74 Å². The molecule has 0 fully saturated rings. The minimum atomic E-state index is -0.558. The van der Waals surface area contributed by atoms with Crippen molar-refractivity contribution in [2.75, 3.05) is 20.3 Å². The van der Waals surface area contributed by atoms with Gasteiger partial charge in [0.2, 0.25) is 0 Å². The van der Waals surface area contributed by atoms with Gasteiger partial charge in [0.05, 0.1) is 13.7 Å². The summed E-state index contributed by atoms with van der Waals surface area (Å²) >= 11 is 0. The highest BCUT2D eigenvalue weighted by atomic mass is 19.1. The molecule has 1 aromatic carbocycles. The van der Waals surface area contributed by atoms with Crippen molar-refractivity contribution in [3.63, 3.8) is 0 Å². The molecule has 0 aliphatic heterocycles. The normalized spacial score (nSPS) is 9.88. The minimum absolute atomic E-state index is 0.0855. The van der Waals surface area contributed by atoms with Crippen LogP contribution in [-0.2, 0) is 4.74 Å². The molecule has 0 aliphatic rings. The largest absolute Gasteiger partial charge is 0.494 e. The zero-order valence-electron chi connectivity index (χ0n) is 9.03. The number of carbonyl (C=O) groups is 1. The van der Waals surface area contributed by atoms with E-state index in [4.69, 9.17) is 9.47 Å². The van der Waals surface area contributed by atoms with Gasteiger partial charge < -0.3 is 9.47 Å². The Morgan fingerprint density at radius 3 is 2.88 bits per heavy atom. The number of ether oxygens (including phenoxy) is 2. The van der Waals surface area contributed by atoms with Gasteiger partial charge in [0.1, 0.15) is 6.61 Å². The molecule has 0 saturated heterocycles. The topological polar surface area (TPSA) is 35.5 Å². The molecule has 0 saturated carbocycles. The lowest BCUT2D eigenvalue weighted by molar-refractivity contribution is 0.0806. The van der Waals surface area contributed by atoms with Gasteiger partial charge in [-0.2, -0.15) is 0 Å². The Bertz CT molecular complexity index is 388. The number of hydrogen-bond donors (Lipinski definition) is 0. The van der Waals surface area contributed by atoms with Crippen LogP contribution in [0.3, 0.4) is 0 Å². The van der Waals surface area contributed by atoms with Crippen LogP contribution in [0.5, 0.6) is 5.75 Å². The van der Waals surface area contributed by atoms with Gasteiger partial charge in [-0.15, -0.1) is 6.58 Å². The molecule has 0 amide bonds. The van der Waals surface area contributed by atoms with Gasteiger partial charge in [0, 0.05) is 5.56 Å². The fourth-order valence-corrected chi connectivity index (χ4v) is 1.16. The number of carbonyl (C=O) groups excluding carboxylic acids is 1. The molecule has 0 unspecified atom stereocenters. The number of hydrogen-bond acceptors (Lipinski definition) is 3. The third kappa shape index (κ3) is 3.17. The maximum Gasteiger partial charge on any atom is 0.188 e. The quantitative estimate of drug-likeness (QED) is 0.422. The first-order valence-corrected chi connectivity index (χ1v) is 4.74. The highest BCUT2D eigenvalue weighted by Gasteiger charge is 2.09. The van der Waals surface area contributed by atoms with Crippen molar-refractivity contribution in [2.24, 2.45) is 0 Å². The van der Waals surface area contributed by atoms with E-state index in [0.717, 1.165) is 6.07 Å². The predicted molar refractivity (Wildman–Crippen MR) is 58.3 cm³/mol. The molecule has 1 rings (SSSR count). The van der Waals surface area contributed by atoms with E-state index in [1.165, 1.54) is 19.2 Å². The number of benzene rings is 1. The molecule has 86 valence electrons. The van der Waals surface area contributed by atoms with Gasteiger partial charge in [-0.05, 0) is 18.2 Å². The van der Waals surface area contributed by atoms with Crippen LogP contribution in [-0.4, -0.2) is 26.1 Å². The summed E-state index contributed by atoms with van der Waals surface area (Å²) < 4.78 is 23.0. The molecule has 0 atom stereocenters. The first-order valence-electron chi connectivity index (χ1n) is 4.74. The smallest absolute Gasteiger partial charge is 0.188 e. The van der Waals surface area contributed by atoms with Gasteiger partial charge in [-0.1, -0.05) is 6.08 Å². The Labute approximate surface area is 93.5 Å². The number of halogens is 1. The molecular weight excluding hydrogens is 211 g/mol. The van der Waals surface area contributed by atoms with E-state index in [2.05, 4.69) is 6.58 Å². The standard InChI is InChI=1S/C12H13FO3/c1-3-6-16-8-11(14)9-4-5-12(15-2)10(13)7-9/h3-5,7H,1,6,8H2,2H3. The minimum Gasteiger partial charge on any atom is -0.494 e. The van der Waals surface area contributed by atoms with Crippen LogP contribution in [0.4, 0.5) is 4.39 Å². The van der Waals surface area contributed by atoms with E-state index < -0.39 is 5.82 Å². The molecule has 3 nitrogen and oxygen atoms in total. The third-order valence-corrected chi connectivity index (χ3v) is 1.94. The van der Waals surface area contributed by atoms with Gasteiger partial charge in [0.15, 0.2) is 17.3 Å². The Kier molecular flexibility index (Phi) is 4.66. The van der Waals surface area contributed by atoms with E-state index >= 15 is 0 Å². The Hall–Kier alpha value is -1.68. The summed E-state index contributed by atoms with van der Waals surface area (Å²) in [6.07, 6.45) is 1.54. The summed E-state index contributed by atoms with van der Waals surface area (Å²) in [7, 11) is 1.37. The van der Waals surface area contributed by atoms with Crippen molar-refractivity contribution < 1.29 is 18.7 Å². The molecule has 0 spiro atoms. The molecule has 4 heteroatoms. The van der Waals surface area contributed by atoms with E-state index in [1.54, 1.807) is 6.08 Å². The SMILES string of the molecule is C=CCOCC(=O)c1ccc(OC)c(F)c1. The number of Topliss-reactive ketones (excluding diaryl/α,β-unsaturated/α-hetero) is 1. The van der Waals surface area contributed by atoms with Crippen LogP contribution in [0.2, 0.25) is 0 Å². The molecule has 0 radical (unpaired) electrons. The molecular formula is C12H13FO3. The molecule has 0 heterocycles. The lowest BCUT2D eigenvalue weighted by Gasteiger charge is -2.04. The highest BCUT2D eigenvalue weighted by Crippen LogP contribution is 2.17. The second-order valence-electron chi connectivity index (χ2n) is 3.08. The molecule has 1 aromatic rings. The van der Waals surface area contributed by atoms with Crippen LogP contribution in [0.15, 0.2) is 30.9 Å². The molecule has 0 aliphatic carbocycles. The number of methoxy groups -OCH3 is 1. The van der Waals surface area contributed by atoms with Crippen LogP contribution in [0.25, 0.3) is 0 Å². The third-order valence-electron chi connectivity index (χ3n) is 1.94. The first-order chi connectivity index (χ1) is 7.69. The first kappa shape index (κ1) is 12.4. The lowest BCUT2D eigenvalue weighted by atomic mass is 10.1. The Morgan fingerprint density at radius 2 is 2.31 bits per heavy atom. The summed E-state index contributed by atoms with van der Waals surface area (Å²) in [4.78, 5) is 11.5. The lowest BCUT2D eigenvalue weighted by Crippen LogP contribution is -2.09. The zero-order chi connectivity index (χ0) is 12.0.